The lowest BCUT2D eigenvalue weighted by Gasteiger charge is -2.32. The number of nitrogens with one attached hydrogen (secondary N) is 1. The zero-order chi connectivity index (χ0) is 23.6. The lowest BCUT2D eigenvalue weighted by Crippen LogP contribution is -2.52. The molecule has 33 heavy (non-hydrogen) atoms. The number of nitrogens with zero attached hydrogens (tertiary/aromatic N) is 1. The van der Waals surface area contributed by atoms with E-state index in [0.717, 1.165) is 16.7 Å². The summed E-state index contributed by atoms with van der Waals surface area (Å²) in [6.07, 6.45) is 0.419. The monoisotopic (exact) mass is 444 g/mol. The third-order valence-corrected chi connectivity index (χ3v) is 5.25. The molecule has 0 aliphatic carbocycles. The normalized spacial score (nSPS) is 11.6. The summed E-state index contributed by atoms with van der Waals surface area (Å²) >= 11 is 0. The highest BCUT2D eigenvalue weighted by molar-refractivity contribution is 5.88. The van der Waals surface area contributed by atoms with Crippen LogP contribution in [0.1, 0.15) is 30.5 Å². The van der Waals surface area contributed by atoms with Crippen molar-refractivity contribution in [3.63, 3.8) is 0 Å². The van der Waals surface area contributed by atoms with Crippen LogP contribution in [0, 0.1) is 6.92 Å². The van der Waals surface area contributed by atoms with Crippen molar-refractivity contribution in [2.45, 2.75) is 45.8 Å². The molecule has 0 fully saturated rings. The van der Waals surface area contributed by atoms with Gasteiger partial charge in [-0.05, 0) is 49.6 Å². The van der Waals surface area contributed by atoms with Gasteiger partial charge in [0.1, 0.15) is 11.8 Å². The van der Waals surface area contributed by atoms with E-state index in [-0.39, 0.29) is 24.5 Å². The lowest BCUT2D eigenvalue weighted by atomic mass is 10.0. The highest BCUT2D eigenvalue weighted by Gasteiger charge is 2.31. The van der Waals surface area contributed by atoms with Gasteiger partial charge in [-0.1, -0.05) is 72.8 Å². The summed E-state index contributed by atoms with van der Waals surface area (Å²) < 4.78 is 5.81. The molecule has 0 aromatic heterocycles. The van der Waals surface area contributed by atoms with Crippen molar-refractivity contribution in [1.82, 2.24) is 10.2 Å². The quantitative estimate of drug-likeness (QED) is 0.500. The topological polar surface area (TPSA) is 58.6 Å². The molecule has 3 aromatic carbocycles. The second-order valence-corrected chi connectivity index (χ2v) is 8.48. The number of rotatable bonds is 10. The first-order valence-electron chi connectivity index (χ1n) is 11.3. The van der Waals surface area contributed by atoms with Crippen LogP contribution in [0.2, 0.25) is 0 Å². The Morgan fingerprint density at radius 2 is 1.52 bits per heavy atom. The Bertz CT molecular complexity index is 1040. The number of aryl methyl sites for hydroxylation is 1. The number of benzene rings is 3. The minimum atomic E-state index is -0.663. The molecule has 0 radical (unpaired) electrons. The summed E-state index contributed by atoms with van der Waals surface area (Å²) in [5, 5.41) is 2.99. The maximum Gasteiger partial charge on any atom is 0.261 e. The van der Waals surface area contributed by atoms with Gasteiger partial charge in [-0.25, -0.2) is 0 Å². The van der Waals surface area contributed by atoms with Gasteiger partial charge in [-0.3, -0.25) is 9.59 Å². The van der Waals surface area contributed by atoms with E-state index in [1.807, 2.05) is 106 Å². The zero-order valence-electron chi connectivity index (χ0n) is 19.5. The molecule has 5 nitrogen and oxygen atoms in total. The molecular formula is C28H32N2O3. The molecule has 1 unspecified atom stereocenters. The van der Waals surface area contributed by atoms with Gasteiger partial charge in [0.15, 0.2) is 6.61 Å². The highest BCUT2D eigenvalue weighted by Crippen LogP contribution is 2.17. The Morgan fingerprint density at radius 3 is 2.12 bits per heavy atom. The molecule has 0 spiro atoms. The average Bonchev–Trinajstić information content (AvgIpc) is 2.80. The van der Waals surface area contributed by atoms with Crippen molar-refractivity contribution < 1.29 is 14.3 Å². The summed E-state index contributed by atoms with van der Waals surface area (Å²) in [4.78, 5) is 28.4. The van der Waals surface area contributed by atoms with Crippen molar-refractivity contribution in [3.05, 3.63) is 102 Å². The molecule has 3 aromatic rings. The molecule has 1 atom stereocenters. The molecule has 172 valence electrons. The van der Waals surface area contributed by atoms with Crippen LogP contribution in [-0.2, 0) is 22.6 Å². The number of ether oxygens (including phenoxy) is 1. The van der Waals surface area contributed by atoms with E-state index in [9.17, 15) is 9.59 Å². The fourth-order valence-electron chi connectivity index (χ4n) is 3.65. The van der Waals surface area contributed by atoms with E-state index in [1.165, 1.54) is 0 Å². The van der Waals surface area contributed by atoms with E-state index < -0.39 is 6.04 Å². The molecular weight excluding hydrogens is 412 g/mol. The van der Waals surface area contributed by atoms with Crippen LogP contribution < -0.4 is 10.1 Å². The summed E-state index contributed by atoms with van der Waals surface area (Å²) in [5.74, 6) is 0.225. The fraction of sp³-hybridized carbons (Fsp3) is 0.286. The Morgan fingerprint density at radius 1 is 0.879 bits per heavy atom. The number of hydrogen-bond donors (Lipinski definition) is 1. The average molecular weight is 445 g/mol. The molecule has 5 heteroatoms. The number of hydrogen-bond acceptors (Lipinski definition) is 3. The van der Waals surface area contributed by atoms with Gasteiger partial charge in [0.2, 0.25) is 5.91 Å². The van der Waals surface area contributed by atoms with Crippen molar-refractivity contribution in [1.29, 1.82) is 0 Å². The molecule has 0 aliphatic heterocycles. The third kappa shape index (κ3) is 7.49. The zero-order valence-corrected chi connectivity index (χ0v) is 19.5. The van der Waals surface area contributed by atoms with Crippen molar-refractivity contribution in [3.8, 4) is 5.75 Å². The summed E-state index contributed by atoms with van der Waals surface area (Å²) in [6, 6.07) is 26.4. The number of carbonyl (C=O) groups excluding carboxylic acids is 2. The second kappa shape index (κ2) is 11.9. The Hall–Kier alpha value is -3.60. The minimum Gasteiger partial charge on any atom is -0.484 e. The van der Waals surface area contributed by atoms with E-state index in [2.05, 4.69) is 5.32 Å². The molecule has 0 heterocycles. The highest BCUT2D eigenvalue weighted by atomic mass is 16.5. The van der Waals surface area contributed by atoms with Crippen LogP contribution in [-0.4, -0.2) is 35.4 Å². The summed E-state index contributed by atoms with van der Waals surface area (Å²) in [6.45, 7) is 5.99. The first-order chi connectivity index (χ1) is 15.9. The second-order valence-electron chi connectivity index (χ2n) is 8.48. The Kier molecular flexibility index (Phi) is 8.64. The number of amides is 2. The van der Waals surface area contributed by atoms with Crippen LogP contribution in [0.3, 0.4) is 0 Å². The molecule has 0 aliphatic rings. The van der Waals surface area contributed by atoms with Crippen LogP contribution in [0.4, 0.5) is 0 Å². The fourth-order valence-corrected chi connectivity index (χ4v) is 3.65. The lowest BCUT2D eigenvalue weighted by molar-refractivity contribution is -0.143. The number of carbonyl (C=O) groups is 2. The van der Waals surface area contributed by atoms with E-state index >= 15 is 0 Å². The smallest absolute Gasteiger partial charge is 0.261 e. The van der Waals surface area contributed by atoms with Crippen LogP contribution >= 0.6 is 0 Å². The Balaban J connectivity index is 1.88. The van der Waals surface area contributed by atoms with Gasteiger partial charge in [0.25, 0.3) is 5.91 Å². The van der Waals surface area contributed by atoms with E-state index in [4.69, 9.17) is 4.74 Å². The summed E-state index contributed by atoms with van der Waals surface area (Å²) in [5.41, 5.74) is 3.00. The van der Waals surface area contributed by atoms with Crippen LogP contribution in [0.25, 0.3) is 0 Å². The summed E-state index contributed by atoms with van der Waals surface area (Å²) in [7, 11) is 0. The minimum absolute atomic E-state index is 0.0343. The largest absolute Gasteiger partial charge is 0.484 e. The van der Waals surface area contributed by atoms with Crippen LogP contribution in [0.15, 0.2) is 84.9 Å². The molecule has 3 rings (SSSR count). The van der Waals surface area contributed by atoms with Gasteiger partial charge < -0.3 is 15.0 Å². The van der Waals surface area contributed by atoms with E-state index in [0.29, 0.717) is 18.7 Å². The van der Waals surface area contributed by atoms with Crippen molar-refractivity contribution in [2.75, 3.05) is 6.61 Å². The molecule has 0 bridgehead atoms. The van der Waals surface area contributed by atoms with Gasteiger partial charge >= 0.3 is 0 Å². The van der Waals surface area contributed by atoms with E-state index in [1.54, 1.807) is 4.90 Å². The maximum atomic E-state index is 13.4. The Labute approximate surface area is 196 Å². The first kappa shape index (κ1) is 24.1. The van der Waals surface area contributed by atoms with Gasteiger partial charge in [0.05, 0.1) is 0 Å². The van der Waals surface area contributed by atoms with Gasteiger partial charge in [-0.2, -0.15) is 0 Å². The third-order valence-electron chi connectivity index (χ3n) is 5.25. The molecule has 0 saturated carbocycles. The standard InChI is InChI=1S/C28H32N2O3/c1-21(2)29-28(32)26(18-23-12-6-4-7-13-23)30(19-24-14-8-5-9-15-24)27(31)20-33-25-16-10-11-22(3)17-25/h4-17,21,26H,18-20H2,1-3H3,(H,29,32). The first-order valence-corrected chi connectivity index (χ1v) is 11.3. The maximum absolute atomic E-state index is 13.4. The SMILES string of the molecule is Cc1cccc(OCC(=O)N(Cc2ccccc2)C(Cc2ccccc2)C(=O)NC(C)C)c1. The predicted octanol–water partition coefficient (Wildman–Crippen LogP) is 4.54. The molecule has 2 amide bonds. The van der Waals surface area contributed by atoms with Crippen LogP contribution in [0.5, 0.6) is 5.75 Å². The predicted molar refractivity (Wildman–Crippen MR) is 131 cm³/mol. The molecule has 1 N–H and O–H groups in total. The van der Waals surface area contributed by atoms with Crippen molar-refractivity contribution in [2.24, 2.45) is 0 Å². The molecule has 0 saturated heterocycles. The van der Waals surface area contributed by atoms with Gasteiger partial charge in [0, 0.05) is 19.0 Å². The van der Waals surface area contributed by atoms with Crippen molar-refractivity contribution >= 4 is 11.8 Å². The van der Waals surface area contributed by atoms with Gasteiger partial charge in [-0.15, -0.1) is 0 Å².